The Hall–Kier alpha value is -3.21. The highest BCUT2D eigenvalue weighted by atomic mass is 16.5. The number of hydrogen-bond donors (Lipinski definition) is 0. The number of likely N-dealkylation sites (tertiary alicyclic amines) is 1. The summed E-state index contributed by atoms with van der Waals surface area (Å²) in [6, 6.07) is 11.9. The molecule has 5 nitrogen and oxygen atoms in total. The van der Waals surface area contributed by atoms with E-state index in [0.717, 1.165) is 70.7 Å². The average Bonchev–Trinajstić information content (AvgIpc) is 3.22. The van der Waals surface area contributed by atoms with Gasteiger partial charge in [0.05, 0.1) is 20.0 Å². The average molecular weight is 434 g/mol. The Kier molecular flexibility index (Phi) is 6.54. The zero-order valence-corrected chi connectivity index (χ0v) is 19.3. The maximum absolute atomic E-state index is 12.9. The molecule has 0 aliphatic carbocycles. The molecule has 4 rings (SSSR count). The standard InChI is InChI=1S/C27H31NO4/c1-5-31-25-16-26-23(24(17-32-26)20-6-8-21(30-4)9-7-20)15-22(25)19(3)14-27(29)28-12-10-18(2)11-13-28/h6-9,14-18H,5,10-13H2,1-4H3/b19-14+. The Morgan fingerprint density at radius 3 is 2.56 bits per heavy atom. The third-order valence-corrected chi connectivity index (χ3v) is 6.24. The molecule has 0 bridgehead atoms. The molecule has 1 aliphatic heterocycles. The Morgan fingerprint density at radius 1 is 1.19 bits per heavy atom. The maximum Gasteiger partial charge on any atom is 0.246 e. The van der Waals surface area contributed by atoms with E-state index in [9.17, 15) is 4.79 Å². The zero-order valence-electron chi connectivity index (χ0n) is 19.3. The van der Waals surface area contributed by atoms with Crippen LogP contribution < -0.4 is 9.47 Å². The number of furan rings is 1. The van der Waals surface area contributed by atoms with Crippen LogP contribution in [0.15, 0.2) is 53.2 Å². The zero-order chi connectivity index (χ0) is 22.7. The molecule has 2 heterocycles. The lowest BCUT2D eigenvalue weighted by molar-refractivity contribution is -0.127. The van der Waals surface area contributed by atoms with Gasteiger partial charge in [0.2, 0.25) is 5.91 Å². The second kappa shape index (κ2) is 9.51. The van der Waals surface area contributed by atoms with Gasteiger partial charge in [-0.1, -0.05) is 19.1 Å². The third kappa shape index (κ3) is 4.52. The van der Waals surface area contributed by atoms with Crippen LogP contribution >= 0.6 is 0 Å². The van der Waals surface area contributed by atoms with E-state index in [-0.39, 0.29) is 5.91 Å². The summed E-state index contributed by atoms with van der Waals surface area (Å²) in [6.07, 6.45) is 5.64. The first-order chi connectivity index (χ1) is 15.5. The molecule has 168 valence electrons. The minimum absolute atomic E-state index is 0.0690. The van der Waals surface area contributed by atoms with Gasteiger partial charge in [0, 0.05) is 41.7 Å². The van der Waals surface area contributed by atoms with Crippen LogP contribution in [0.5, 0.6) is 11.5 Å². The van der Waals surface area contributed by atoms with Gasteiger partial charge >= 0.3 is 0 Å². The van der Waals surface area contributed by atoms with Crippen molar-refractivity contribution in [2.45, 2.75) is 33.6 Å². The summed E-state index contributed by atoms with van der Waals surface area (Å²) in [6.45, 7) is 8.36. The number of benzene rings is 2. The molecule has 2 aromatic carbocycles. The van der Waals surface area contributed by atoms with E-state index in [1.807, 2.05) is 49.1 Å². The molecule has 0 radical (unpaired) electrons. The molecule has 5 heteroatoms. The van der Waals surface area contributed by atoms with Crippen LogP contribution in [0.25, 0.3) is 27.7 Å². The van der Waals surface area contributed by atoms with Crippen molar-refractivity contribution in [1.82, 2.24) is 4.90 Å². The van der Waals surface area contributed by atoms with Gasteiger partial charge in [0.25, 0.3) is 0 Å². The minimum atomic E-state index is 0.0690. The molecule has 3 aromatic rings. The van der Waals surface area contributed by atoms with Crippen LogP contribution in [0.3, 0.4) is 0 Å². The minimum Gasteiger partial charge on any atom is -0.497 e. The lowest BCUT2D eigenvalue weighted by Gasteiger charge is -2.29. The molecule has 1 saturated heterocycles. The van der Waals surface area contributed by atoms with E-state index >= 15 is 0 Å². The molecule has 1 aliphatic rings. The molecule has 0 unspecified atom stereocenters. The van der Waals surface area contributed by atoms with Crippen molar-refractivity contribution in [3.8, 4) is 22.6 Å². The number of ether oxygens (including phenoxy) is 2. The van der Waals surface area contributed by atoms with Gasteiger partial charge in [-0.15, -0.1) is 0 Å². The summed E-state index contributed by atoms with van der Waals surface area (Å²) < 4.78 is 17.0. The van der Waals surface area contributed by atoms with Crippen molar-refractivity contribution >= 4 is 22.4 Å². The highest BCUT2D eigenvalue weighted by Crippen LogP contribution is 2.38. The fraction of sp³-hybridized carbons (Fsp3) is 0.370. The third-order valence-electron chi connectivity index (χ3n) is 6.24. The molecule has 0 N–H and O–H groups in total. The van der Waals surface area contributed by atoms with Crippen molar-refractivity contribution in [2.24, 2.45) is 5.92 Å². The molecule has 0 atom stereocenters. The molecular formula is C27H31NO4. The van der Waals surface area contributed by atoms with Gasteiger partial charge in [-0.3, -0.25) is 4.79 Å². The van der Waals surface area contributed by atoms with Crippen LogP contribution in [0.1, 0.15) is 39.2 Å². The van der Waals surface area contributed by atoms with E-state index in [2.05, 4.69) is 13.0 Å². The van der Waals surface area contributed by atoms with Crippen molar-refractivity contribution in [1.29, 1.82) is 0 Å². The first kappa shape index (κ1) is 22.0. The largest absolute Gasteiger partial charge is 0.497 e. The SMILES string of the molecule is CCOc1cc2occ(-c3ccc(OC)cc3)c2cc1/C(C)=C/C(=O)N1CCC(C)CC1. The van der Waals surface area contributed by atoms with Crippen LogP contribution in [0.4, 0.5) is 0 Å². The van der Waals surface area contributed by atoms with Gasteiger partial charge in [-0.05, 0) is 61.9 Å². The lowest BCUT2D eigenvalue weighted by Crippen LogP contribution is -2.36. The topological polar surface area (TPSA) is 51.9 Å². The fourth-order valence-electron chi connectivity index (χ4n) is 4.22. The summed E-state index contributed by atoms with van der Waals surface area (Å²) in [7, 11) is 1.66. The molecule has 32 heavy (non-hydrogen) atoms. The monoisotopic (exact) mass is 433 g/mol. The first-order valence-electron chi connectivity index (χ1n) is 11.3. The number of carbonyl (C=O) groups is 1. The maximum atomic E-state index is 12.9. The first-order valence-corrected chi connectivity index (χ1v) is 11.3. The molecule has 0 spiro atoms. The van der Waals surface area contributed by atoms with Crippen LogP contribution in [0.2, 0.25) is 0 Å². The molecular weight excluding hydrogens is 402 g/mol. The quantitative estimate of drug-likeness (QED) is 0.436. The smallest absolute Gasteiger partial charge is 0.246 e. The number of amides is 1. The number of fused-ring (bicyclic) bond motifs is 1. The van der Waals surface area contributed by atoms with Crippen LogP contribution in [0, 0.1) is 5.92 Å². The van der Waals surface area contributed by atoms with Crippen molar-refractivity contribution in [3.63, 3.8) is 0 Å². The number of rotatable bonds is 6. The summed E-state index contributed by atoms with van der Waals surface area (Å²) in [5.74, 6) is 2.29. The number of hydrogen-bond acceptors (Lipinski definition) is 4. The van der Waals surface area contributed by atoms with Gasteiger partial charge in [0.1, 0.15) is 17.1 Å². The molecule has 1 fully saturated rings. The Morgan fingerprint density at radius 2 is 1.91 bits per heavy atom. The van der Waals surface area contributed by atoms with E-state index < -0.39 is 0 Å². The summed E-state index contributed by atoms with van der Waals surface area (Å²) in [5, 5.41) is 0.987. The predicted molar refractivity (Wildman–Crippen MR) is 128 cm³/mol. The number of nitrogens with zero attached hydrogens (tertiary/aromatic N) is 1. The summed E-state index contributed by atoms with van der Waals surface area (Å²) in [4.78, 5) is 14.8. The van der Waals surface area contributed by atoms with Crippen LogP contribution in [-0.4, -0.2) is 37.6 Å². The van der Waals surface area contributed by atoms with Crippen molar-refractivity contribution in [3.05, 3.63) is 54.3 Å². The van der Waals surface area contributed by atoms with Gasteiger partial charge < -0.3 is 18.8 Å². The van der Waals surface area contributed by atoms with E-state index in [1.54, 1.807) is 19.4 Å². The molecule has 1 aromatic heterocycles. The molecule has 1 amide bonds. The van der Waals surface area contributed by atoms with Crippen molar-refractivity contribution < 1.29 is 18.7 Å². The van der Waals surface area contributed by atoms with E-state index in [1.165, 1.54) is 0 Å². The predicted octanol–water partition coefficient (Wildman–Crippen LogP) is 6.17. The number of carbonyl (C=O) groups excluding carboxylic acids is 1. The summed E-state index contributed by atoms with van der Waals surface area (Å²) in [5.41, 5.74) is 4.60. The van der Waals surface area contributed by atoms with Gasteiger partial charge in [0.15, 0.2) is 0 Å². The second-order valence-electron chi connectivity index (χ2n) is 8.49. The number of allylic oxidation sites excluding steroid dienone is 1. The summed E-state index contributed by atoms with van der Waals surface area (Å²) >= 11 is 0. The number of piperidine rings is 1. The van der Waals surface area contributed by atoms with Crippen molar-refractivity contribution in [2.75, 3.05) is 26.8 Å². The van der Waals surface area contributed by atoms with Gasteiger partial charge in [-0.25, -0.2) is 0 Å². The second-order valence-corrected chi connectivity index (χ2v) is 8.49. The fourth-order valence-corrected chi connectivity index (χ4v) is 4.22. The van der Waals surface area contributed by atoms with Gasteiger partial charge in [-0.2, -0.15) is 0 Å². The molecule has 0 saturated carbocycles. The van der Waals surface area contributed by atoms with E-state index in [4.69, 9.17) is 13.9 Å². The normalized spacial score (nSPS) is 15.2. The lowest BCUT2D eigenvalue weighted by atomic mass is 9.98. The van der Waals surface area contributed by atoms with E-state index in [0.29, 0.717) is 12.5 Å². The number of methoxy groups -OCH3 is 1. The Balaban J connectivity index is 1.71. The highest BCUT2D eigenvalue weighted by Gasteiger charge is 2.20. The Bertz CT molecular complexity index is 1120. The Labute approximate surface area is 189 Å². The highest BCUT2D eigenvalue weighted by molar-refractivity contribution is 6.00. The van der Waals surface area contributed by atoms with Crippen LogP contribution in [-0.2, 0) is 4.79 Å².